The molecule has 0 radical (unpaired) electrons. The zero-order valence-corrected chi connectivity index (χ0v) is 12.8. The van der Waals surface area contributed by atoms with Crippen molar-refractivity contribution in [3.63, 3.8) is 0 Å². The minimum Gasteiger partial charge on any atom is -0.466 e. The number of hydrogen-bond donors (Lipinski definition) is 0. The first-order chi connectivity index (χ1) is 9.10. The number of ether oxygens (including phenoxy) is 1. The molecule has 0 bridgehead atoms. The average Bonchev–Trinajstić information content (AvgIpc) is 2.40. The van der Waals surface area contributed by atoms with Crippen molar-refractivity contribution in [1.29, 1.82) is 0 Å². The molecule has 0 heterocycles. The van der Waals surface area contributed by atoms with Gasteiger partial charge in [0.1, 0.15) is 0 Å². The van der Waals surface area contributed by atoms with Gasteiger partial charge in [0.05, 0.1) is 18.6 Å². The lowest BCUT2D eigenvalue weighted by atomic mass is 10.2. The number of rotatable bonds is 6. The minimum atomic E-state index is -0.277. The highest BCUT2D eigenvalue weighted by molar-refractivity contribution is 9.10. The molecule has 1 aromatic rings. The third-order valence-corrected chi connectivity index (χ3v) is 3.36. The van der Waals surface area contributed by atoms with Crippen molar-refractivity contribution in [1.82, 2.24) is 4.90 Å². The molecule has 0 spiro atoms. The minimum absolute atomic E-state index is 0.0840. The molecule has 104 valence electrons. The van der Waals surface area contributed by atoms with Crippen LogP contribution < -0.4 is 0 Å². The van der Waals surface area contributed by atoms with E-state index in [0.29, 0.717) is 25.3 Å². The number of carbonyl (C=O) groups excluding carboxylic acids is 2. The number of nitrogens with zero attached hydrogens (tertiary/aromatic N) is 1. The highest BCUT2D eigenvalue weighted by atomic mass is 79.9. The Bertz CT molecular complexity index is 448. The van der Waals surface area contributed by atoms with Crippen LogP contribution in [0.5, 0.6) is 0 Å². The number of hydrogen-bond acceptors (Lipinski definition) is 3. The van der Waals surface area contributed by atoms with Crippen molar-refractivity contribution >= 4 is 27.8 Å². The quantitative estimate of drug-likeness (QED) is 0.755. The maximum Gasteiger partial charge on any atom is 0.307 e. The van der Waals surface area contributed by atoms with Gasteiger partial charge in [0.2, 0.25) is 0 Å². The molecule has 0 fully saturated rings. The van der Waals surface area contributed by atoms with Gasteiger partial charge < -0.3 is 9.64 Å². The zero-order valence-electron chi connectivity index (χ0n) is 11.2. The fourth-order valence-corrected chi connectivity index (χ4v) is 2.12. The van der Waals surface area contributed by atoms with Crippen LogP contribution >= 0.6 is 15.9 Å². The van der Waals surface area contributed by atoms with Crippen molar-refractivity contribution in [3.8, 4) is 0 Å². The molecule has 0 aliphatic carbocycles. The van der Waals surface area contributed by atoms with E-state index < -0.39 is 0 Å². The maximum absolute atomic E-state index is 12.3. The molecule has 0 atom stereocenters. The SMILES string of the molecule is CCOC(=O)CCN(CC)C(=O)c1ccccc1Br. The lowest BCUT2D eigenvalue weighted by Crippen LogP contribution is -2.33. The van der Waals surface area contributed by atoms with Crippen LogP contribution in [0, 0.1) is 0 Å². The van der Waals surface area contributed by atoms with E-state index in [-0.39, 0.29) is 18.3 Å². The molecule has 5 heteroatoms. The number of amides is 1. The van der Waals surface area contributed by atoms with Gasteiger partial charge in [0.15, 0.2) is 0 Å². The molecule has 1 amide bonds. The molecule has 0 aliphatic heterocycles. The molecule has 19 heavy (non-hydrogen) atoms. The standard InChI is InChI=1S/C14H18BrNO3/c1-3-16(10-9-13(17)19-4-2)14(18)11-7-5-6-8-12(11)15/h5-8H,3-4,9-10H2,1-2H3. The summed E-state index contributed by atoms with van der Waals surface area (Å²) in [6, 6.07) is 7.26. The van der Waals surface area contributed by atoms with Crippen LogP contribution in [0.25, 0.3) is 0 Å². The molecule has 0 N–H and O–H groups in total. The highest BCUT2D eigenvalue weighted by Gasteiger charge is 2.17. The van der Waals surface area contributed by atoms with Gasteiger partial charge in [0, 0.05) is 17.6 Å². The normalized spacial score (nSPS) is 10.1. The van der Waals surface area contributed by atoms with E-state index in [2.05, 4.69) is 15.9 Å². The van der Waals surface area contributed by atoms with Gasteiger partial charge in [-0.1, -0.05) is 12.1 Å². The first-order valence-electron chi connectivity index (χ1n) is 6.29. The van der Waals surface area contributed by atoms with E-state index in [1.807, 2.05) is 25.1 Å². The smallest absolute Gasteiger partial charge is 0.307 e. The van der Waals surface area contributed by atoms with Gasteiger partial charge in [-0.05, 0) is 41.9 Å². The van der Waals surface area contributed by atoms with E-state index >= 15 is 0 Å². The lowest BCUT2D eigenvalue weighted by molar-refractivity contribution is -0.143. The predicted molar refractivity (Wildman–Crippen MR) is 77.0 cm³/mol. The fraction of sp³-hybridized carbons (Fsp3) is 0.429. The number of halogens is 1. The lowest BCUT2D eigenvalue weighted by Gasteiger charge is -2.21. The topological polar surface area (TPSA) is 46.6 Å². The van der Waals surface area contributed by atoms with Gasteiger partial charge >= 0.3 is 5.97 Å². The Balaban J connectivity index is 2.67. The van der Waals surface area contributed by atoms with Gasteiger partial charge in [-0.25, -0.2) is 0 Å². The third-order valence-electron chi connectivity index (χ3n) is 2.66. The molecular formula is C14H18BrNO3. The van der Waals surface area contributed by atoms with Crippen LogP contribution in [0.4, 0.5) is 0 Å². The van der Waals surface area contributed by atoms with Crippen LogP contribution in [0.3, 0.4) is 0 Å². The summed E-state index contributed by atoms with van der Waals surface area (Å²) in [5.41, 5.74) is 0.605. The van der Waals surface area contributed by atoms with Crippen molar-refractivity contribution in [2.24, 2.45) is 0 Å². The number of benzene rings is 1. The fourth-order valence-electron chi connectivity index (χ4n) is 1.67. The van der Waals surface area contributed by atoms with E-state index in [0.717, 1.165) is 4.47 Å². The predicted octanol–water partition coefficient (Wildman–Crippen LogP) is 2.86. The van der Waals surface area contributed by atoms with Gasteiger partial charge in [0.25, 0.3) is 5.91 Å². The summed E-state index contributed by atoms with van der Waals surface area (Å²) in [7, 11) is 0. The first-order valence-corrected chi connectivity index (χ1v) is 7.08. The molecule has 0 aliphatic rings. The van der Waals surface area contributed by atoms with E-state index in [1.165, 1.54) is 0 Å². The molecule has 1 rings (SSSR count). The Labute approximate surface area is 121 Å². The molecule has 4 nitrogen and oxygen atoms in total. The second kappa shape index (κ2) is 7.94. The van der Waals surface area contributed by atoms with Crippen LogP contribution in [0.2, 0.25) is 0 Å². The van der Waals surface area contributed by atoms with Crippen LogP contribution in [-0.2, 0) is 9.53 Å². The first kappa shape index (κ1) is 15.7. The van der Waals surface area contributed by atoms with Crippen LogP contribution in [0.1, 0.15) is 30.6 Å². The van der Waals surface area contributed by atoms with E-state index in [9.17, 15) is 9.59 Å². The summed E-state index contributed by atoms with van der Waals surface area (Å²) >= 11 is 3.36. The zero-order chi connectivity index (χ0) is 14.3. The van der Waals surface area contributed by atoms with Crippen LogP contribution in [0.15, 0.2) is 28.7 Å². The summed E-state index contributed by atoms with van der Waals surface area (Å²) in [6.45, 7) is 4.94. The van der Waals surface area contributed by atoms with Gasteiger partial charge in [-0.15, -0.1) is 0 Å². The molecule has 0 saturated heterocycles. The third kappa shape index (κ3) is 4.67. The van der Waals surface area contributed by atoms with Crippen molar-refractivity contribution in [2.75, 3.05) is 19.7 Å². The monoisotopic (exact) mass is 327 g/mol. The second-order valence-corrected chi connectivity index (χ2v) is 4.77. The van der Waals surface area contributed by atoms with Crippen LogP contribution in [-0.4, -0.2) is 36.5 Å². The van der Waals surface area contributed by atoms with E-state index in [4.69, 9.17) is 4.74 Å². The Morgan fingerprint density at radius 1 is 1.26 bits per heavy atom. The largest absolute Gasteiger partial charge is 0.466 e. The van der Waals surface area contributed by atoms with Gasteiger partial charge in [-0.3, -0.25) is 9.59 Å². The molecule has 0 aromatic heterocycles. The van der Waals surface area contributed by atoms with Crippen molar-refractivity contribution in [2.45, 2.75) is 20.3 Å². The van der Waals surface area contributed by atoms with Crippen molar-refractivity contribution in [3.05, 3.63) is 34.3 Å². The maximum atomic E-state index is 12.3. The summed E-state index contributed by atoms with van der Waals surface area (Å²) in [6.07, 6.45) is 0.220. The highest BCUT2D eigenvalue weighted by Crippen LogP contribution is 2.18. The van der Waals surface area contributed by atoms with Gasteiger partial charge in [-0.2, -0.15) is 0 Å². The Hall–Kier alpha value is -1.36. The molecular weight excluding hydrogens is 310 g/mol. The summed E-state index contributed by atoms with van der Waals surface area (Å²) in [4.78, 5) is 25.3. The number of esters is 1. The Kier molecular flexibility index (Phi) is 6.56. The second-order valence-electron chi connectivity index (χ2n) is 3.92. The summed E-state index contributed by atoms with van der Waals surface area (Å²) in [5, 5.41) is 0. The molecule has 0 saturated carbocycles. The molecule has 1 aromatic carbocycles. The summed E-state index contributed by atoms with van der Waals surface area (Å²) < 4.78 is 5.62. The van der Waals surface area contributed by atoms with Crippen molar-refractivity contribution < 1.29 is 14.3 Å². The Morgan fingerprint density at radius 2 is 1.95 bits per heavy atom. The average molecular weight is 328 g/mol. The Morgan fingerprint density at radius 3 is 2.53 bits per heavy atom. The summed E-state index contributed by atoms with van der Waals surface area (Å²) in [5.74, 6) is -0.361. The number of carbonyl (C=O) groups is 2. The molecule has 0 unspecified atom stereocenters. The van der Waals surface area contributed by atoms with E-state index in [1.54, 1.807) is 17.9 Å².